The van der Waals surface area contributed by atoms with E-state index in [1.807, 2.05) is 31.2 Å². The highest BCUT2D eigenvalue weighted by molar-refractivity contribution is 7.91. The van der Waals surface area contributed by atoms with Crippen LogP contribution in [0.1, 0.15) is 64.0 Å². The maximum atomic E-state index is 14.0. The smallest absolute Gasteiger partial charge is 0.407 e. The number of aromatic amines is 1. The molecule has 42 heavy (non-hydrogen) atoms. The predicted octanol–water partition coefficient (Wildman–Crippen LogP) is 6.87. The lowest BCUT2D eigenvalue weighted by Gasteiger charge is -2.44. The zero-order chi connectivity index (χ0) is 30.9. The minimum Gasteiger partial charge on any atom is -0.465 e. The summed E-state index contributed by atoms with van der Waals surface area (Å²) in [5.74, 6) is 0.675. The highest BCUT2D eigenvalue weighted by Crippen LogP contribution is 2.42. The normalized spacial score (nSPS) is 18.3. The number of hydrogen-bond acceptors (Lipinski definition) is 6. The summed E-state index contributed by atoms with van der Waals surface area (Å²) in [7, 11) is -5.24. The van der Waals surface area contributed by atoms with E-state index >= 15 is 0 Å². The van der Waals surface area contributed by atoms with Crippen LogP contribution >= 0.6 is 0 Å². The van der Waals surface area contributed by atoms with Crippen LogP contribution in [0, 0.1) is 5.41 Å². The van der Waals surface area contributed by atoms with Gasteiger partial charge in [-0.1, -0.05) is 90.2 Å². The molecule has 4 rings (SSSR count). The molecule has 11 heteroatoms. The van der Waals surface area contributed by atoms with Crippen molar-refractivity contribution in [3.63, 3.8) is 0 Å². The molecular formula is C31H45N5O4SSi. The number of likely N-dealkylation sites (tertiary alicyclic amines) is 1. The number of amides is 1. The van der Waals surface area contributed by atoms with Crippen LogP contribution in [-0.4, -0.2) is 71.6 Å². The third kappa shape index (κ3) is 7.11. The second-order valence-corrected chi connectivity index (χ2v) is 21.5. The number of aryl methyl sites for hydroxylation is 1. The van der Waals surface area contributed by atoms with Crippen LogP contribution in [0.4, 0.5) is 4.79 Å². The van der Waals surface area contributed by atoms with E-state index in [0.29, 0.717) is 35.3 Å². The second kappa shape index (κ2) is 12.3. The van der Waals surface area contributed by atoms with Crippen molar-refractivity contribution >= 4 is 24.0 Å². The third-order valence-electron chi connectivity index (χ3n) is 8.31. The van der Waals surface area contributed by atoms with E-state index < -0.39 is 24.0 Å². The summed E-state index contributed by atoms with van der Waals surface area (Å²) in [5, 5.41) is 24.3. The van der Waals surface area contributed by atoms with E-state index in [2.05, 4.69) is 73.2 Å². The summed E-state index contributed by atoms with van der Waals surface area (Å²) < 4.78 is 28.0. The average Bonchev–Trinajstić information content (AvgIpc) is 3.46. The first-order valence-corrected chi connectivity index (χ1v) is 20.2. The third-order valence-corrected chi connectivity index (χ3v) is 12.3. The Kier molecular flexibility index (Phi) is 9.32. The van der Waals surface area contributed by atoms with Gasteiger partial charge in [-0.15, -0.1) is 5.10 Å². The van der Waals surface area contributed by atoms with E-state index in [9.17, 15) is 18.3 Å². The number of nitrogens with zero attached hydrogens (tertiary/aromatic N) is 4. The van der Waals surface area contributed by atoms with Gasteiger partial charge in [-0.3, -0.25) is 0 Å². The molecule has 2 atom stereocenters. The molecule has 3 aromatic rings. The van der Waals surface area contributed by atoms with Gasteiger partial charge < -0.3 is 10.0 Å². The molecule has 0 spiro atoms. The van der Waals surface area contributed by atoms with Gasteiger partial charge >= 0.3 is 6.09 Å². The van der Waals surface area contributed by atoms with Crippen molar-refractivity contribution < 1.29 is 18.3 Å². The Labute approximate surface area is 251 Å². The quantitative estimate of drug-likeness (QED) is 0.253. The summed E-state index contributed by atoms with van der Waals surface area (Å²) in [4.78, 5) is 13.8. The molecule has 1 aliphatic heterocycles. The number of H-pyrrole nitrogens is 1. The van der Waals surface area contributed by atoms with E-state index in [4.69, 9.17) is 0 Å². The number of hydrogen-bond donors (Lipinski definition) is 2. The second-order valence-electron chi connectivity index (χ2n) is 13.8. The monoisotopic (exact) mass is 611 g/mol. The minimum atomic E-state index is -3.62. The van der Waals surface area contributed by atoms with Crippen molar-refractivity contribution in [1.82, 2.24) is 25.5 Å². The Morgan fingerprint density at radius 2 is 1.81 bits per heavy atom. The van der Waals surface area contributed by atoms with Gasteiger partial charge in [0, 0.05) is 26.2 Å². The fourth-order valence-electron chi connectivity index (χ4n) is 5.98. The van der Waals surface area contributed by atoms with Crippen molar-refractivity contribution in [2.45, 2.75) is 95.9 Å². The number of nitrogens with one attached hydrogen (secondary N) is 1. The SMILES string of the molecule is CCCc1ccc(-c2ccc(C3CCN(C(=O)O)C(C(C)(C)C)C3)cc2)c(-c2nnn[nH]2)c1S(=O)(=O)CC[Si](C)(C)C. The number of carbonyl (C=O) groups is 1. The largest absolute Gasteiger partial charge is 0.465 e. The molecule has 1 fully saturated rings. The van der Waals surface area contributed by atoms with E-state index in [0.717, 1.165) is 41.5 Å². The van der Waals surface area contributed by atoms with Crippen molar-refractivity contribution in [2.75, 3.05) is 12.3 Å². The van der Waals surface area contributed by atoms with Gasteiger partial charge in [0.15, 0.2) is 15.7 Å². The molecule has 1 aromatic heterocycles. The predicted molar refractivity (Wildman–Crippen MR) is 169 cm³/mol. The van der Waals surface area contributed by atoms with Crippen LogP contribution in [0.15, 0.2) is 41.3 Å². The summed E-state index contributed by atoms with van der Waals surface area (Å²) in [6.45, 7) is 15.4. The van der Waals surface area contributed by atoms with Gasteiger partial charge in [0.2, 0.25) is 0 Å². The molecule has 9 nitrogen and oxygen atoms in total. The molecule has 2 unspecified atom stereocenters. The highest BCUT2D eigenvalue weighted by Gasteiger charge is 2.39. The molecule has 2 aromatic carbocycles. The Bertz CT molecular complexity index is 1490. The molecule has 228 valence electrons. The van der Waals surface area contributed by atoms with Gasteiger partial charge in [-0.2, -0.15) is 0 Å². The first-order chi connectivity index (χ1) is 19.6. The van der Waals surface area contributed by atoms with Gasteiger partial charge in [-0.25, -0.2) is 18.3 Å². The Hall–Kier alpha value is -3.05. The number of sulfone groups is 1. The average molecular weight is 612 g/mol. The Morgan fingerprint density at radius 1 is 1.12 bits per heavy atom. The molecular weight excluding hydrogens is 567 g/mol. The Balaban J connectivity index is 1.77. The molecule has 0 radical (unpaired) electrons. The van der Waals surface area contributed by atoms with Crippen molar-refractivity contribution in [3.8, 4) is 22.5 Å². The lowest BCUT2D eigenvalue weighted by molar-refractivity contribution is 0.0526. The van der Waals surface area contributed by atoms with Crippen LogP contribution in [0.25, 0.3) is 22.5 Å². The van der Waals surface area contributed by atoms with Crippen LogP contribution in [-0.2, 0) is 16.3 Å². The maximum Gasteiger partial charge on any atom is 0.407 e. The Morgan fingerprint density at radius 3 is 2.36 bits per heavy atom. The van der Waals surface area contributed by atoms with E-state index in [1.165, 1.54) is 0 Å². The maximum absolute atomic E-state index is 14.0. The molecule has 1 aliphatic rings. The summed E-state index contributed by atoms with van der Waals surface area (Å²) in [5.41, 5.74) is 3.95. The zero-order valence-corrected chi connectivity index (χ0v) is 27.8. The molecule has 2 heterocycles. The minimum absolute atomic E-state index is 0.0750. The van der Waals surface area contributed by atoms with Gasteiger partial charge in [0.25, 0.3) is 0 Å². The van der Waals surface area contributed by atoms with Gasteiger partial charge in [-0.05, 0) is 69.3 Å². The summed E-state index contributed by atoms with van der Waals surface area (Å²) in [6.07, 6.45) is 2.11. The molecule has 1 saturated heterocycles. The van der Waals surface area contributed by atoms with Crippen molar-refractivity contribution in [3.05, 3.63) is 47.5 Å². The van der Waals surface area contributed by atoms with Gasteiger partial charge in [0.1, 0.15) is 0 Å². The van der Waals surface area contributed by atoms with Crippen molar-refractivity contribution in [1.29, 1.82) is 0 Å². The number of tetrazole rings is 1. The van der Waals surface area contributed by atoms with Gasteiger partial charge in [0.05, 0.1) is 10.6 Å². The lowest BCUT2D eigenvalue weighted by Crippen LogP contribution is -2.51. The molecule has 0 aliphatic carbocycles. The fraction of sp³-hybridized carbons (Fsp3) is 0.548. The van der Waals surface area contributed by atoms with E-state index in [1.54, 1.807) is 4.90 Å². The van der Waals surface area contributed by atoms with Crippen LogP contribution in [0.3, 0.4) is 0 Å². The zero-order valence-electron chi connectivity index (χ0n) is 25.9. The van der Waals surface area contributed by atoms with Crippen molar-refractivity contribution in [2.24, 2.45) is 5.41 Å². The fourth-order valence-corrected chi connectivity index (χ4v) is 10.8. The topological polar surface area (TPSA) is 129 Å². The highest BCUT2D eigenvalue weighted by atomic mass is 32.2. The number of piperidine rings is 1. The van der Waals surface area contributed by atoms with Crippen LogP contribution in [0.5, 0.6) is 0 Å². The van der Waals surface area contributed by atoms with E-state index in [-0.39, 0.29) is 23.1 Å². The number of carboxylic acid groups (broad SMARTS) is 1. The number of rotatable bonds is 9. The lowest BCUT2D eigenvalue weighted by atomic mass is 9.75. The van der Waals surface area contributed by atoms with Crippen LogP contribution in [0.2, 0.25) is 25.7 Å². The molecule has 0 bridgehead atoms. The first kappa shape index (κ1) is 31.9. The number of benzene rings is 2. The number of aromatic nitrogens is 4. The first-order valence-electron chi connectivity index (χ1n) is 14.8. The summed E-state index contributed by atoms with van der Waals surface area (Å²) >= 11 is 0. The summed E-state index contributed by atoms with van der Waals surface area (Å²) in [6, 6.07) is 12.8. The molecule has 1 amide bonds. The standard InChI is InChI=1S/C31H45N5O4SSi/c1-8-9-23-14-15-25(27(29-32-34-35-33-29)28(23)41(39,40)18-19-42(5,6)7)22-12-10-21(11-13-22)24-16-17-36(30(37)38)26(20-24)31(2,3)4/h10-15,24,26H,8-9,16-20H2,1-7H3,(H,37,38)(H,32,33,34,35). The molecule has 0 saturated carbocycles. The molecule has 2 N–H and O–H groups in total. The van der Waals surface area contributed by atoms with Crippen LogP contribution < -0.4 is 0 Å².